The summed E-state index contributed by atoms with van der Waals surface area (Å²) in [6.45, 7) is 3.95. The summed E-state index contributed by atoms with van der Waals surface area (Å²) in [6, 6.07) is 10.3. The van der Waals surface area contributed by atoms with Crippen LogP contribution in [0.25, 0.3) is 0 Å². The molecule has 11 heavy (non-hydrogen) atoms. The number of nitrogens with zero attached hydrogens (tertiary/aromatic N) is 1. The summed E-state index contributed by atoms with van der Waals surface area (Å²) in [5.41, 5.74) is 2.33. The van der Waals surface area contributed by atoms with Crippen LogP contribution in [0.15, 0.2) is 24.3 Å². The molecule has 1 aromatic rings. The molecule has 0 fully saturated rings. The van der Waals surface area contributed by atoms with Gasteiger partial charge in [-0.3, -0.25) is 0 Å². The molecule has 0 aliphatic carbocycles. The van der Waals surface area contributed by atoms with Gasteiger partial charge < -0.3 is 0 Å². The van der Waals surface area contributed by atoms with Gasteiger partial charge in [-0.25, -0.2) is 0 Å². The van der Waals surface area contributed by atoms with Crippen molar-refractivity contribution in [1.82, 2.24) is 0 Å². The van der Waals surface area contributed by atoms with E-state index in [0.717, 1.165) is 5.56 Å². The van der Waals surface area contributed by atoms with Gasteiger partial charge >= 0.3 is 0 Å². The lowest BCUT2D eigenvalue weighted by atomic mass is 10.0. The first-order valence-corrected chi connectivity index (χ1v) is 3.70. The Balaban J connectivity index is 2.92. The highest BCUT2D eigenvalue weighted by atomic mass is 14.3. The minimum Gasteiger partial charge on any atom is -0.198 e. The molecule has 1 aromatic carbocycles. The zero-order chi connectivity index (χ0) is 8.27. The second-order valence-corrected chi connectivity index (χ2v) is 2.76. The van der Waals surface area contributed by atoms with Gasteiger partial charge in [0, 0.05) is 0 Å². The van der Waals surface area contributed by atoms with Crippen LogP contribution in [-0.2, 0) is 0 Å². The minimum absolute atomic E-state index is 0.00981. The molecule has 0 aliphatic rings. The SMILES string of the molecule is Cc1ccc([C@H](C)C#N)cc1. The molecular weight excluding hydrogens is 134 g/mol. The minimum atomic E-state index is 0.00981. The van der Waals surface area contributed by atoms with Crippen LogP contribution >= 0.6 is 0 Å². The Labute approximate surface area is 67.3 Å². The highest BCUT2D eigenvalue weighted by Gasteiger charge is 2.00. The number of rotatable bonds is 1. The van der Waals surface area contributed by atoms with E-state index in [-0.39, 0.29) is 5.92 Å². The Bertz CT molecular complexity index is 266. The molecule has 0 spiro atoms. The summed E-state index contributed by atoms with van der Waals surface area (Å²) < 4.78 is 0. The highest BCUT2D eigenvalue weighted by molar-refractivity contribution is 5.27. The van der Waals surface area contributed by atoms with Gasteiger partial charge in [-0.05, 0) is 19.4 Å². The van der Waals surface area contributed by atoms with Crippen molar-refractivity contribution in [2.75, 3.05) is 0 Å². The molecule has 0 bridgehead atoms. The molecular formula is C10H11N. The van der Waals surface area contributed by atoms with Gasteiger partial charge in [-0.2, -0.15) is 5.26 Å². The van der Waals surface area contributed by atoms with E-state index in [2.05, 4.69) is 6.07 Å². The molecule has 0 aliphatic heterocycles. The van der Waals surface area contributed by atoms with E-state index in [9.17, 15) is 0 Å². The molecule has 0 N–H and O–H groups in total. The molecule has 0 radical (unpaired) electrons. The fourth-order valence-corrected chi connectivity index (χ4v) is 0.930. The lowest BCUT2D eigenvalue weighted by molar-refractivity contribution is 0.980. The summed E-state index contributed by atoms with van der Waals surface area (Å²) in [4.78, 5) is 0. The highest BCUT2D eigenvalue weighted by Crippen LogP contribution is 2.13. The average Bonchev–Trinajstić information content (AvgIpc) is 2.05. The number of hydrogen-bond donors (Lipinski definition) is 0. The van der Waals surface area contributed by atoms with Gasteiger partial charge in [-0.15, -0.1) is 0 Å². The van der Waals surface area contributed by atoms with Crippen molar-refractivity contribution in [3.8, 4) is 6.07 Å². The van der Waals surface area contributed by atoms with Crippen molar-refractivity contribution in [3.05, 3.63) is 35.4 Å². The smallest absolute Gasteiger partial charge is 0.0700 e. The standard InChI is InChI=1S/C10H11N/c1-8-3-5-10(6-4-8)9(2)7-11/h3-6,9H,1-2H3/t9-/m1/s1. The third-order valence-corrected chi connectivity index (χ3v) is 1.77. The van der Waals surface area contributed by atoms with Crippen molar-refractivity contribution < 1.29 is 0 Å². The molecule has 0 heterocycles. The average molecular weight is 145 g/mol. The van der Waals surface area contributed by atoms with Gasteiger partial charge in [-0.1, -0.05) is 29.8 Å². The zero-order valence-corrected chi connectivity index (χ0v) is 6.83. The van der Waals surface area contributed by atoms with Crippen molar-refractivity contribution in [2.24, 2.45) is 0 Å². The summed E-state index contributed by atoms with van der Waals surface area (Å²) in [5.74, 6) is 0.00981. The molecule has 1 atom stereocenters. The van der Waals surface area contributed by atoms with Crippen LogP contribution in [0.5, 0.6) is 0 Å². The normalized spacial score (nSPS) is 12.1. The first-order chi connectivity index (χ1) is 5.24. The van der Waals surface area contributed by atoms with E-state index in [1.165, 1.54) is 5.56 Å². The number of aryl methyl sites for hydroxylation is 1. The predicted octanol–water partition coefficient (Wildman–Crippen LogP) is 2.62. The topological polar surface area (TPSA) is 23.8 Å². The van der Waals surface area contributed by atoms with E-state index in [4.69, 9.17) is 5.26 Å². The summed E-state index contributed by atoms with van der Waals surface area (Å²) >= 11 is 0. The maximum Gasteiger partial charge on any atom is 0.0700 e. The van der Waals surface area contributed by atoms with Gasteiger partial charge in [0.15, 0.2) is 0 Å². The second kappa shape index (κ2) is 3.21. The fraction of sp³-hybridized carbons (Fsp3) is 0.300. The van der Waals surface area contributed by atoms with Gasteiger partial charge in [0.2, 0.25) is 0 Å². The molecule has 1 nitrogen and oxygen atoms in total. The molecule has 0 saturated heterocycles. The van der Waals surface area contributed by atoms with Crippen LogP contribution in [0.2, 0.25) is 0 Å². The Morgan fingerprint density at radius 1 is 1.27 bits per heavy atom. The number of benzene rings is 1. The molecule has 56 valence electrons. The predicted molar refractivity (Wildman–Crippen MR) is 45.2 cm³/mol. The second-order valence-electron chi connectivity index (χ2n) is 2.76. The Morgan fingerprint density at radius 3 is 2.27 bits per heavy atom. The lowest BCUT2D eigenvalue weighted by Gasteiger charge is -2.01. The van der Waals surface area contributed by atoms with Crippen LogP contribution in [0.3, 0.4) is 0 Å². The largest absolute Gasteiger partial charge is 0.198 e. The Kier molecular flexibility index (Phi) is 2.28. The van der Waals surface area contributed by atoms with Crippen LogP contribution in [0.4, 0.5) is 0 Å². The summed E-state index contributed by atoms with van der Waals surface area (Å²) in [6.07, 6.45) is 0. The maximum atomic E-state index is 8.61. The molecule has 1 rings (SSSR count). The van der Waals surface area contributed by atoms with E-state index in [0.29, 0.717) is 0 Å². The molecule has 1 heteroatoms. The number of hydrogen-bond acceptors (Lipinski definition) is 1. The van der Waals surface area contributed by atoms with Gasteiger partial charge in [0.1, 0.15) is 0 Å². The van der Waals surface area contributed by atoms with E-state index in [1.807, 2.05) is 38.1 Å². The fourth-order valence-electron chi connectivity index (χ4n) is 0.930. The molecule has 0 unspecified atom stereocenters. The third kappa shape index (κ3) is 1.81. The lowest BCUT2D eigenvalue weighted by Crippen LogP contribution is -1.88. The monoisotopic (exact) mass is 145 g/mol. The van der Waals surface area contributed by atoms with E-state index in [1.54, 1.807) is 0 Å². The molecule has 0 saturated carbocycles. The Morgan fingerprint density at radius 2 is 1.82 bits per heavy atom. The summed E-state index contributed by atoms with van der Waals surface area (Å²) in [5, 5.41) is 8.61. The van der Waals surface area contributed by atoms with Crippen LogP contribution in [-0.4, -0.2) is 0 Å². The summed E-state index contributed by atoms with van der Waals surface area (Å²) in [7, 11) is 0. The van der Waals surface area contributed by atoms with Gasteiger partial charge in [0.25, 0.3) is 0 Å². The Hall–Kier alpha value is -1.29. The van der Waals surface area contributed by atoms with E-state index < -0.39 is 0 Å². The van der Waals surface area contributed by atoms with Crippen LogP contribution in [0.1, 0.15) is 24.0 Å². The van der Waals surface area contributed by atoms with Crippen LogP contribution in [0, 0.1) is 18.3 Å². The zero-order valence-electron chi connectivity index (χ0n) is 6.83. The van der Waals surface area contributed by atoms with Crippen molar-refractivity contribution in [3.63, 3.8) is 0 Å². The van der Waals surface area contributed by atoms with Gasteiger partial charge in [0.05, 0.1) is 12.0 Å². The third-order valence-electron chi connectivity index (χ3n) is 1.77. The van der Waals surface area contributed by atoms with E-state index >= 15 is 0 Å². The number of nitriles is 1. The first-order valence-electron chi connectivity index (χ1n) is 3.70. The molecule has 0 amide bonds. The first kappa shape index (κ1) is 7.81. The van der Waals surface area contributed by atoms with Crippen molar-refractivity contribution in [2.45, 2.75) is 19.8 Å². The van der Waals surface area contributed by atoms with Crippen LogP contribution < -0.4 is 0 Å². The maximum absolute atomic E-state index is 8.61. The quantitative estimate of drug-likeness (QED) is 0.596. The van der Waals surface area contributed by atoms with Crippen molar-refractivity contribution >= 4 is 0 Å². The molecule has 0 aromatic heterocycles. The van der Waals surface area contributed by atoms with Crippen molar-refractivity contribution in [1.29, 1.82) is 5.26 Å².